The number of nitrogens with one attached hydrogen (secondary N) is 1. The van der Waals surface area contributed by atoms with Crippen molar-refractivity contribution in [1.29, 1.82) is 0 Å². The largest absolute Gasteiger partial charge is 0.266 e. The van der Waals surface area contributed by atoms with E-state index in [1.54, 1.807) is 41.3 Å². The molecule has 0 radical (unpaired) electrons. The Kier molecular flexibility index (Phi) is 4.55. The number of nitrogens with zero attached hydrogens (tertiary/aromatic N) is 3. The Hall–Kier alpha value is -2.90. The van der Waals surface area contributed by atoms with Crippen molar-refractivity contribution in [3.63, 3.8) is 0 Å². The lowest BCUT2D eigenvalue weighted by molar-refractivity contribution is 0.601. The second-order valence-corrected chi connectivity index (χ2v) is 7.98. The molecule has 2 aromatic heterocycles. The molecule has 0 aliphatic rings. The predicted molar refractivity (Wildman–Crippen MR) is 105 cm³/mol. The van der Waals surface area contributed by atoms with Crippen LogP contribution in [0.25, 0.3) is 10.9 Å². The fraction of sp³-hybridized carbons (Fsp3) is 0.0526. The number of hydrogen-bond acceptors (Lipinski definition) is 4. The van der Waals surface area contributed by atoms with Gasteiger partial charge in [0.1, 0.15) is 4.90 Å². The van der Waals surface area contributed by atoms with Crippen molar-refractivity contribution in [2.24, 2.45) is 0 Å². The molecule has 27 heavy (non-hydrogen) atoms. The summed E-state index contributed by atoms with van der Waals surface area (Å²) in [5.74, 6) is 0.231. The Morgan fingerprint density at radius 3 is 2.67 bits per heavy atom. The zero-order valence-electron chi connectivity index (χ0n) is 14.1. The first-order valence-corrected chi connectivity index (χ1v) is 10.0. The third-order valence-corrected chi connectivity index (χ3v) is 5.81. The molecule has 0 saturated carbocycles. The van der Waals surface area contributed by atoms with E-state index in [1.807, 2.05) is 30.3 Å². The van der Waals surface area contributed by atoms with Crippen LogP contribution in [-0.4, -0.2) is 23.2 Å². The summed E-state index contributed by atoms with van der Waals surface area (Å²) < 4.78 is 29.8. The van der Waals surface area contributed by atoms with Gasteiger partial charge in [0.25, 0.3) is 10.0 Å². The van der Waals surface area contributed by atoms with Crippen molar-refractivity contribution < 1.29 is 8.42 Å². The number of pyridine rings is 1. The summed E-state index contributed by atoms with van der Waals surface area (Å²) >= 11 is 6.16. The van der Waals surface area contributed by atoms with Crippen LogP contribution in [0.1, 0.15) is 5.56 Å². The van der Waals surface area contributed by atoms with Crippen LogP contribution in [0.15, 0.2) is 78.0 Å². The molecule has 0 amide bonds. The second kappa shape index (κ2) is 7.02. The summed E-state index contributed by atoms with van der Waals surface area (Å²) in [6.45, 7) is 0.442. The van der Waals surface area contributed by atoms with Crippen molar-refractivity contribution in [3.05, 3.63) is 83.6 Å². The van der Waals surface area contributed by atoms with Gasteiger partial charge >= 0.3 is 0 Å². The van der Waals surface area contributed by atoms with Crippen LogP contribution >= 0.6 is 11.6 Å². The summed E-state index contributed by atoms with van der Waals surface area (Å²) in [4.78, 5) is 4.31. The molecule has 0 aliphatic heterocycles. The summed E-state index contributed by atoms with van der Waals surface area (Å²) in [7, 11) is -3.82. The van der Waals surface area contributed by atoms with Crippen molar-refractivity contribution in [1.82, 2.24) is 14.8 Å². The van der Waals surface area contributed by atoms with Crippen LogP contribution in [0, 0.1) is 0 Å². The molecule has 8 heteroatoms. The van der Waals surface area contributed by atoms with Crippen molar-refractivity contribution in [2.45, 2.75) is 11.4 Å². The van der Waals surface area contributed by atoms with E-state index in [1.165, 1.54) is 6.07 Å². The molecule has 0 saturated heterocycles. The Morgan fingerprint density at radius 1 is 1.00 bits per heavy atom. The summed E-state index contributed by atoms with van der Waals surface area (Å²) in [6, 6.07) is 17.7. The summed E-state index contributed by atoms with van der Waals surface area (Å²) in [5, 5.41) is 5.68. The lowest BCUT2D eigenvalue weighted by Gasteiger charge is -2.08. The average molecular weight is 399 g/mol. The first-order chi connectivity index (χ1) is 13.0. The van der Waals surface area contributed by atoms with Crippen molar-refractivity contribution in [2.75, 3.05) is 4.72 Å². The number of rotatable bonds is 5. The summed E-state index contributed by atoms with van der Waals surface area (Å²) in [6.07, 6.45) is 3.27. The molecule has 0 aliphatic carbocycles. The highest BCUT2D eigenvalue weighted by Gasteiger charge is 2.19. The Balaban J connectivity index is 1.60. The van der Waals surface area contributed by atoms with Gasteiger partial charge in [0.2, 0.25) is 0 Å². The number of hydrogen-bond donors (Lipinski definition) is 1. The smallest absolute Gasteiger partial charge is 0.265 e. The van der Waals surface area contributed by atoms with Gasteiger partial charge in [-0.25, -0.2) is 8.42 Å². The van der Waals surface area contributed by atoms with Crippen LogP contribution in [0.2, 0.25) is 5.02 Å². The highest BCUT2D eigenvalue weighted by molar-refractivity contribution is 7.93. The molecular formula is C19H15ClN4O2S. The molecule has 0 spiro atoms. The number of fused-ring (bicyclic) bond motifs is 1. The highest BCUT2D eigenvalue weighted by atomic mass is 35.5. The van der Waals surface area contributed by atoms with Gasteiger partial charge < -0.3 is 0 Å². The van der Waals surface area contributed by atoms with E-state index in [2.05, 4.69) is 14.8 Å². The Bertz CT molecular complexity index is 1220. The summed E-state index contributed by atoms with van der Waals surface area (Å²) in [5.41, 5.74) is 1.32. The van der Waals surface area contributed by atoms with Gasteiger partial charge in [-0.05, 0) is 23.8 Å². The number of anilines is 1. The maximum absolute atomic E-state index is 12.8. The van der Waals surface area contributed by atoms with E-state index in [4.69, 9.17) is 11.6 Å². The minimum Gasteiger partial charge on any atom is -0.266 e. The van der Waals surface area contributed by atoms with E-state index in [0.29, 0.717) is 17.1 Å². The van der Waals surface area contributed by atoms with Gasteiger partial charge in [0.15, 0.2) is 5.82 Å². The molecule has 0 bridgehead atoms. The topological polar surface area (TPSA) is 76.9 Å². The average Bonchev–Trinajstić information content (AvgIpc) is 3.09. The highest BCUT2D eigenvalue weighted by Crippen LogP contribution is 2.23. The Morgan fingerprint density at radius 2 is 1.81 bits per heavy atom. The maximum Gasteiger partial charge on any atom is 0.265 e. The maximum atomic E-state index is 12.8. The first kappa shape index (κ1) is 17.5. The molecule has 6 nitrogen and oxygen atoms in total. The minimum atomic E-state index is -3.82. The molecule has 0 unspecified atom stereocenters. The molecular weight excluding hydrogens is 384 g/mol. The molecule has 4 rings (SSSR count). The lowest BCUT2D eigenvalue weighted by atomic mass is 10.2. The van der Waals surface area contributed by atoms with Crippen LogP contribution in [0.5, 0.6) is 0 Å². The van der Waals surface area contributed by atoms with Gasteiger partial charge in [-0.3, -0.25) is 14.4 Å². The predicted octanol–water partition coefficient (Wildman–Crippen LogP) is 3.93. The number of halogens is 1. The molecule has 136 valence electrons. The number of benzene rings is 2. The van der Waals surface area contributed by atoms with E-state index in [9.17, 15) is 8.42 Å². The minimum absolute atomic E-state index is 0.112. The fourth-order valence-corrected chi connectivity index (χ4v) is 4.16. The van der Waals surface area contributed by atoms with Gasteiger partial charge in [-0.15, -0.1) is 0 Å². The molecule has 0 fully saturated rings. The van der Waals surface area contributed by atoms with Crippen LogP contribution in [-0.2, 0) is 16.6 Å². The monoisotopic (exact) mass is 398 g/mol. The van der Waals surface area contributed by atoms with Gasteiger partial charge in [0.05, 0.1) is 12.1 Å². The van der Waals surface area contributed by atoms with Gasteiger partial charge in [0, 0.05) is 28.9 Å². The Labute approximate surface area is 161 Å². The molecule has 1 N–H and O–H groups in total. The normalized spacial score (nSPS) is 11.6. The van der Waals surface area contributed by atoms with Gasteiger partial charge in [-0.1, -0.05) is 48.0 Å². The van der Waals surface area contributed by atoms with Crippen LogP contribution in [0.3, 0.4) is 0 Å². The zero-order chi connectivity index (χ0) is 18.9. The van der Waals surface area contributed by atoms with Crippen LogP contribution < -0.4 is 4.72 Å². The van der Waals surface area contributed by atoms with E-state index >= 15 is 0 Å². The lowest BCUT2D eigenvalue weighted by Crippen LogP contribution is -2.14. The first-order valence-electron chi connectivity index (χ1n) is 8.16. The van der Waals surface area contributed by atoms with Gasteiger partial charge in [-0.2, -0.15) is 5.10 Å². The zero-order valence-corrected chi connectivity index (χ0v) is 15.7. The number of para-hydroxylation sites is 1. The van der Waals surface area contributed by atoms with E-state index in [-0.39, 0.29) is 10.7 Å². The SMILES string of the molecule is O=S(=O)(Nc1ccn(Cc2ccccc2Cl)n1)c1cccc2cccnc12. The third-order valence-electron chi connectivity index (χ3n) is 4.05. The molecule has 2 heterocycles. The van der Waals surface area contributed by atoms with Crippen molar-refractivity contribution >= 4 is 38.3 Å². The van der Waals surface area contributed by atoms with Crippen molar-refractivity contribution in [3.8, 4) is 0 Å². The number of sulfonamides is 1. The standard InChI is InChI=1S/C19H15ClN4O2S/c20-16-8-2-1-5-15(16)13-24-12-10-18(22-24)23-27(25,26)17-9-3-6-14-7-4-11-21-19(14)17/h1-12H,13H2,(H,22,23). The number of aromatic nitrogens is 3. The molecule has 2 aromatic carbocycles. The fourth-order valence-electron chi connectivity index (χ4n) is 2.79. The molecule has 4 aromatic rings. The van der Waals surface area contributed by atoms with E-state index in [0.717, 1.165) is 10.9 Å². The third kappa shape index (κ3) is 3.65. The quantitative estimate of drug-likeness (QED) is 0.552. The van der Waals surface area contributed by atoms with Crippen LogP contribution in [0.4, 0.5) is 5.82 Å². The molecule has 0 atom stereocenters. The van der Waals surface area contributed by atoms with E-state index < -0.39 is 10.0 Å². The second-order valence-electron chi connectivity index (χ2n) is 5.93.